The van der Waals surface area contributed by atoms with E-state index in [4.69, 9.17) is 4.74 Å². The van der Waals surface area contributed by atoms with E-state index in [2.05, 4.69) is 23.5 Å². The van der Waals surface area contributed by atoms with Gasteiger partial charge in [0.15, 0.2) is 0 Å². The molecule has 0 aliphatic heterocycles. The maximum absolute atomic E-state index is 9.52. The van der Waals surface area contributed by atoms with E-state index in [-0.39, 0.29) is 6.04 Å². The summed E-state index contributed by atoms with van der Waals surface area (Å²) in [6, 6.07) is 14.2. The lowest BCUT2D eigenvalue weighted by molar-refractivity contribution is 0.406. The van der Waals surface area contributed by atoms with Gasteiger partial charge in [0.25, 0.3) is 0 Å². The molecule has 1 unspecified atom stereocenters. The van der Waals surface area contributed by atoms with Crippen molar-refractivity contribution in [2.75, 3.05) is 13.7 Å². The molecule has 0 saturated heterocycles. The fourth-order valence-corrected chi connectivity index (χ4v) is 2.57. The molecule has 1 N–H and O–H groups in total. The Balaban J connectivity index is 2.03. The molecule has 20 heavy (non-hydrogen) atoms. The molecule has 0 amide bonds. The molecule has 0 heterocycles. The number of methoxy groups -OCH3 is 1. The van der Waals surface area contributed by atoms with Crippen molar-refractivity contribution < 1.29 is 4.74 Å². The molecule has 1 fully saturated rings. The van der Waals surface area contributed by atoms with Crippen LogP contribution in [0.4, 0.5) is 0 Å². The number of hydrogen-bond donors (Lipinski definition) is 1. The smallest absolute Gasteiger partial charge is 0.125 e. The normalized spacial score (nSPS) is 15.8. The van der Waals surface area contributed by atoms with Gasteiger partial charge in [-0.2, -0.15) is 5.26 Å². The Morgan fingerprint density at radius 3 is 2.80 bits per heavy atom. The Hall–Kier alpha value is -2.05. The van der Waals surface area contributed by atoms with E-state index in [0.717, 1.165) is 34.5 Å². The zero-order valence-electron chi connectivity index (χ0n) is 11.6. The fraction of sp³-hybridized carbons (Fsp3) is 0.353. The Labute approximate surface area is 119 Å². The molecule has 0 radical (unpaired) electrons. The van der Waals surface area contributed by atoms with Gasteiger partial charge in [-0.25, -0.2) is 0 Å². The molecule has 102 valence electrons. The first kappa shape index (κ1) is 13.0. The highest BCUT2D eigenvalue weighted by atomic mass is 16.5. The van der Waals surface area contributed by atoms with Crippen LogP contribution in [0, 0.1) is 17.2 Å². The van der Waals surface area contributed by atoms with Crippen molar-refractivity contribution in [1.29, 1.82) is 5.26 Å². The molecule has 3 rings (SSSR count). The summed E-state index contributed by atoms with van der Waals surface area (Å²) in [5.41, 5.74) is 0.953. The van der Waals surface area contributed by atoms with Crippen molar-refractivity contribution in [3.63, 3.8) is 0 Å². The molecule has 1 aliphatic rings. The maximum atomic E-state index is 9.52. The zero-order valence-corrected chi connectivity index (χ0v) is 11.6. The summed E-state index contributed by atoms with van der Waals surface area (Å²) in [6.07, 6.45) is 2.55. The molecule has 3 nitrogen and oxygen atoms in total. The van der Waals surface area contributed by atoms with Gasteiger partial charge >= 0.3 is 0 Å². The van der Waals surface area contributed by atoms with Gasteiger partial charge in [0.05, 0.1) is 13.2 Å². The van der Waals surface area contributed by atoms with Gasteiger partial charge in [0.2, 0.25) is 0 Å². The van der Waals surface area contributed by atoms with Crippen molar-refractivity contribution >= 4 is 10.8 Å². The third kappa shape index (κ3) is 2.48. The molecule has 3 heteroatoms. The number of fused-ring (bicyclic) bond motifs is 1. The number of rotatable bonds is 5. The first-order valence-electron chi connectivity index (χ1n) is 7.02. The molecule has 1 saturated carbocycles. The Morgan fingerprint density at radius 2 is 2.10 bits per heavy atom. The van der Waals surface area contributed by atoms with Crippen molar-refractivity contribution in [3.05, 3.63) is 42.0 Å². The van der Waals surface area contributed by atoms with E-state index in [1.165, 1.54) is 12.8 Å². The highest BCUT2D eigenvalue weighted by Crippen LogP contribution is 2.34. The van der Waals surface area contributed by atoms with Crippen LogP contribution in [0.5, 0.6) is 5.75 Å². The third-order valence-electron chi connectivity index (χ3n) is 3.88. The van der Waals surface area contributed by atoms with E-state index in [1.807, 2.05) is 24.3 Å². The summed E-state index contributed by atoms with van der Waals surface area (Å²) >= 11 is 0. The Bertz CT molecular complexity index is 656. The molecule has 0 bridgehead atoms. The summed E-state index contributed by atoms with van der Waals surface area (Å²) in [6.45, 7) is 0.907. The SMILES string of the molecule is COc1ccc2ccccc2c1C(C#N)NCC1CC1. The predicted octanol–water partition coefficient (Wildman–Crippen LogP) is 3.41. The van der Waals surface area contributed by atoms with Crippen LogP contribution in [0.3, 0.4) is 0 Å². The third-order valence-corrected chi connectivity index (χ3v) is 3.88. The van der Waals surface area contributed by atoms with Crippen LogP contribution in [0.25, 0.3) is 10.8 Å². The highest BCUT2D eigenvalue weighted by Gasteiger charge is 2.24. The van der Waals surface area contributed by atoms with Crippen LogP contribution < -0.4 is 10.1 Å². The largest absolute Gasteiger partial charge is 0.496 e. The average molecular weight is 266 g/mol. The zero-order chi connectivity index (χ0) is 13.9. The topological polar surface area (TPSA) is 45.0 Å². The second kappa shape index (κ2) is 5.52. The van der Waals surface area contributed by atoms with E-state index in [1.54, 1.807) is 7.11 Å². The molecule has 0 spiro atoms. The number of nitrogens with zero attached hydrogens (tertiary/aromatic N) is 1. The van der Waals surface area contributed by atoms with Crippen LogP contribution in [0.2, 0.25) is 0 Å². The monoisotopic (exact) mass is 266 g/mol. The van der Waals surface area contributed by atoms with E-state index < -0.39 is 0 Å². The summed E-state index contributed by atoms with van der Waals surface area (Å²) in [7, 11) is 1.66. The van der Waals surface area contributed by atoms with Crippen molar-refractivity contribution in [1.82, 2.24) is 5.32 Å². The van der Waals surface area contributed by atoms with Gasteiger partial charge in [0.1, 0.15) is 11.8 Å². The highest BCUT2D eigenvalue weighted by molar-refractivity contribution is 5.88. The molecule has 1 aliphatic carbocycles. The lowest BCUT2D eigenvalue weighted by atomic mass is 9.98. The molecule has 2 aromatic carbocycles. The van der Waals surface area contributed by atoms with Gasteiger partial charge in [0, 0.05) is 5.56 Å². The summed E-state index contributed by atoms with van der Waals surface area (Å²) in [4.78, 5) is 0. The van der Waals surface area contributed by atoms with Crippen molar-refractivity contribution in [3.8, 4) is 11.8 Å². The summed E-state index contributed by atoms with van der Waals surface area (Å²) < 4.78 is 5.47. The first-order valence-corrected chi connectivity index (χ1v) is 7.02. The van der Waals surface area contributed by atoms with Gasteiger partial charge in [-0.1, -0.05) is 30.3 Å². The standard InChI is InChI=1S/C17H18N2O/c1-20-16-9-8-13-4-2-3-5-14(13)17(16)15(10-18)19-11-12-6-7-12/h2-5,8-9,12,15,19H,6-7,11H2,1H3. The minimum atomic E-state index is -0.323. The van der Waals surface area contributed by atoms with Gasteiger partial charge < -0.3 is 4.74 Å². The molecular weight excluding hydrogens is 248 g/mol. The second-order valence-electron chi connectivity index (χ2n) is 5.32. The number of nitrogens with one attached hydrogen (secondary N) is 1. The van der Waals surface area contributed by atoms with Crippen LogP contribution in [0.1, 0.15) is 24.4 Å². The Morgan fingerprint density at radius 1 is 1.30 bits per heavy atom. The molecule has 1 atom stereocenters. The number of nitriles is 1. The minimum Gasteiger partial charge on any atom is -0.496 e. The van der Waals surface area contributed by atoms with Gasteiger partial charge in [-0.05, 0) is 42.1 Å². The summed E-state index contributed by atoms with van der Waals surface area (Å²) in [5.74, 6) is 1.52. The minimum absolute atomic E-state index is 0.323. The van der Waals surface area contributed by atoms with Crippen molar-refractivity contribution in [2.24, 2.45) is 5.92 Å². The van der Waals surface area contributed by atoms with E-state index >= 15 is 0 Å². The van der Waals surface area contributed by atoms with Gasteiger partial charge in [-0.3, -0.25) is 5.32 Å². The predicted molar refractivity (Wildman–Crippen MR) is 79.6 cm³/mol. The van der Waals surface area contributed by atoms with Gasteiger partial charge in [-0.15, -0.1) is 0 Å². The molecular formula is C17H18N2O. The lowest BCUT2D eigenvalue weighted by Crippen LogP contribution is -2.23. The number of hydrogen-bond acceptors (Lipinski definition) is 3. The summed E-state index contributed by atoms with van der Waals surface area (Å²) in [5, 5.41) is 15.1. The van der Waals surface area contributed by atoms with Crippen LogP contribution >= 0.6 is 0 Å². The van der Waals surface area contributed by atoms with Crippen LogP contribution in [-0.2, 0) is 0 Å². The van der Waals surface area contributed by atoms with Crippen LogP contribution in [-0.4, -0.2) is 13.7 Å². The van der Waals surface area contributed by atoms with E-state index in [9.17, 15) is 5.26 Å². The number of benzene rings is 2. The number of ether oxygens (including phenoxy) is 1. The lowest BCUT2D eigenvalue weighted by Gasteiger charge is -2.17. The average Bonchev–Trinajstić information content (AvgIpc) is 3.32. The quantitative estimate of drug-likeness (QED) is 0.902. The molecule has 0 aromatic heterocycles. The fourth-order valence-electron chi connectivity index (χ4n) is 2.57. The maximum Gasteiger partial charge on any atom is 0.125 e. The Kier molecular flexibility index (Phi) is 3.58. The second-order valence-corrected chi connectivity index (χ2v) is 5.32. The van der Waals surface area contributed by atoms with E-state index in [0.29, 0.717) is 0 Å². The van der Waals surface area contributed by atoms with Crippen molar-refractivity contribution in [2.45, 2.75) is 18.9 Å². The molecule has 2 aromatic rings. The first-order chi connectivity index (χ1) is 9.83. The van der Waals surface area contributed by atoms with Crippen LogP contribution in [0.15, 0.2) is 36.4 Å².